The van der Waals surface area contributed by atoms with E-state index in [1.165, 1.54) is 0 Å². The lowest BCUT2D eigenvalue weighted by Crippen LogP contribution is -2.30. The number of hydrogen-bond acceptors (Lipinski definition) is 4. The summed E-state index contributed by atoms with van der Waals surface area (Å²) in [5.41, 5.74) is 6.02. The number of rotatable bonds is 5. The Hall–Kier alpha value is -0.890. The number of nitrogens with one attached hydrogen (secondary N) is 1. The summed E-state index contributed by atoms with van der Waals surface area (Å²) in [5, 5.41) is 4.41. The minimum Gasteiger partial charge on any atom is -0.496 e. The molecule has 0 radical (unpaired) electrons. The van der Waals surface area contributed by atoms with Gasteiger partial charge in [-0.1, -0.05) is 6.07 Å². The van der Waals surface area contributed by atoms with Gasteiger partial charge in [0.05, 0.1) is 33.5 Å². The maximum absolute atomic E-state index is 5.74. The van der Waals surface area contributed by atoms with E-state index >= 15 is 0 Å². The van der Waals surface area contributed by atoms with Crippen LogP contribution in [0.3, 0.4) is 0 Å². The van der Waals surface area contributed by atoms with Crippen LogP contribution in [0.1, 0.15) is 23.0 Å². The van der Waals surface area contributed by atoms with E-state index in [0.29, 0.717) is 0 Å². The van der Waals surface area contributed by atoms with E-state index in [2.05, 4.69) is 42.4 Å². The van der Waals surface area contributed by atoms with Crippen LogP contribution in [-0.2, 0) is 13.5 Å². The molecule has 2 rings (SSSR count). The van der Waals surface area contributed by atoms with Crippen LogP contribution in [0.15, 0.2) is 27.1 Å². The second kappa shape index (κ2) is 6.91. The average Bonchev–Trinajstić information content (AvgIpc) is 2.70. The molecular weight excluding hydrogens is 400 g/mol. The van der Waals surface area contributed by atoms with Gasteiger partial charge in [-0.3, -0.25) is 16.0 Å². The van der Waals surface area contributed by atoms with Crippen LogP contribution in [0.25, 0.3) is 0 Å². The molecule has 0 fully saturated rings. The minimum absolute atomic E-state index is 0.0155. The highest BCUT2D eigenvalue weighted by molar-refractivity contribution is 9.10. The topological polar surface area (TPSA) is 65.1 Å². The van der Waals surface area contributed by atoms with E-state index in [0.717, 1.165) is 38.1 Å². The van der Waals surface area contributed by atoms with Gasteiger partial charge in [0.25, 0.3) is 0 Å². The normalized spacial score (nSPS) is 12.5. The second-order valence-corrected chi connectivity index (χ2v) is 6.43. The molecule has 3 N–H and O–H groups in total. The SMILES string of the molecule is COc1ccc(C(Cc2c(Br)c(C)nn2C)NN)cc1Br. The summed E-state index contributed by atoms with van der Waals surface area (Å²) in [6.45, 7) is 1.97. The van der Waals surface area contributed by atoms with Crippen LogP contribution >= 0.6 is 31.9 Å². The molecule has 114 valence electrons. The van der Waals surface area contributed by atoms with Gasteiger partial charge in [0.2, 0.25) is 0 Å². The average molecular weight is 418 g/mol. The fourth-order valence-corrected chi connectivity index (χ4v) is 3.32. The minimum atomic E-state index is -0.0155. The smallest absolute Gasteiger partial charge is 0.133 e. The Kier molecular flexibility index (Phi) is 5.43. The molecule has 0 aliphatic heterocycles. The number of aromatic nitrogens is 2. The van der Waals surface area contributed by atoms with Crippen molar-refractivity contribution in [2.45, 2.75) is 19.4 Å². The van der Waals surface area contributed by atoms with Crippen molar-refractivity contribution in [2.75, 3.05) is 7.11 Å². The van der Waals surface area contributed by atoms with Gasteiger partial charge in [-0.25, -0.2) is 0 Å². The van der Waals surface area contributed by atoms with Crippen LogP contribution in [0.4, 0.5) is 0 Å². The first-order valence-electron chi connectivity index (χ1n) is 6.45. The van der Waals surface area contributed by atoms with Crippen LogP contribution in [-0.4, -0.2) is 16.9 Å². The van der Waals surface area contributed by atoms with Crippen LogP contribution < -0.4 is 16.0 Å². The zero-order valence-corrected chi connectivity index (χ0v) is 15.3. The summed E-state index contributed by atoms with van der Waals surface area (Å²) in [6.07, 6.45) is 0.729. The summed E-state index contributed by atoms with van der Waals surface area (Å²) in [5.74, 6) is 6.54. The van der Waals surface area contributed by atoms with Crippen molar-refractivity contribution >= 4 is 31.9 Å². The van der Waals surface area contributed by atoms with Crippen molar-refractivity contribution in [3.8, 4) is 5.75 Å². The largest absolute Gasteiger partial charge is 0.496 e. The highest BCUT2D eigenvalue weighted by Crippen LogP contribution is 2.30. The first-order chi connectivity index (χ1) is 9.97. The molecule has 0 amide bonds. The van der Waals surface area contributed by atoms with Crippen molar-refractivity contribution in [3.05, 3.63) is 44.1 Å². The number of aryl methyl sites for hydroxylation is 2. The molecular formula is C14H18Br2N4O. The summed E-state index contributed by atoms with van der Waals surface area (Å²) >= 11 is 7.09. The molecule has 0 bridgehead atoms. The fraction of sp³-hybridized carbons (Fsp3) is 0.357. The van der Waals surface area contributed by atoms with Gasteiger partial charge in [-0.15, -0.1) is 0 Å². The summed E-state index contributed by atoms with van der Waals surface area (Å²) in [7, 11) is 3.58. The van der Waals surface area contributed by atoms with Gasteiger partial charge in [-0.05, 0) is 56.5 Å². The molecule has 0 aliphatic rings. The molecule has 0 saturated heterocycles. The van der Waals surface area contributed by atoms with Crippen molar-refractivity contribution < 1.29 is 4.74 Å². The van der Waals surface area contributed by atoms with E-state index in [1.54, 1.807) is 7.11 Å². The van der Waals surface area contributed by atoms with Crippen LogP contribution in [0, 0.1) is 6.92 Å². The van der Waals surface area contributed by atoms with Crippen LogP contribution in [0.5, 0.6) is 5.75 Å². The number of halogens is 2. The van der Waals surface area contributed by atoms with Gasteiger partial charge in [0.15, 0.2) is 0 Å². The summed E-state index contributed by atoms with van der Waals surface area (Å²) in [6, 6.07) is 5.93. The second-order valence-electron chi connectivity index (χ2n) is 4.79. The predicted octanol–water partition coefficient (Wildman–Crippen LogP) is 3.01. The van der Waals surface area contributed by atoms with Crippen molar-refractivity contribution in [1.82, 2.24) is 15.2 Å². The number of hydrazine groups is 1. The summed E-state index contributed by atoms with van der Waals surface area (Å²) < 4.78 is 9.06. The Balaban J connectivity index is 2.30. The van der Waals surface area contributed by atoms with Crippen molar-refractivity contribution in [2.24, 2.45) is 12.9 Å². The van der Waals surface area contributed by atoms with Gasteiger partial charge in [0, 0.05) is 13.5 Å². The number of hydrogen-bond donors (Lipinski definition) is 2. The van der Waals surface area contributed by atoms with E-state index < -0.39 is 0 Å². The lowest BCUT2D eigenvalue weighted by molar-refractivity contribution is 0.411. The first-order valence-corrected chi connectivity index (χ1v) is 8.04. The molecule has 5 nitrogen and oxygen atoms in total. The molecule has 7 heteroatoms. The van der Waals surface area contributed by atoms with E-state index in [1.807, 2.05) is 36.9 Å². The lowest BCUT2D eigenvalue weighted by Gasteiger charge is -2.18. The van der Waals surface area contributed by atoms with Gasteiger partial charge >= 0.3 is 0 Å². The summed E-state index contributed by atoms with van der Waals surface area (Å²) in [4.78, 5) is 0. The fourth-order valence-electron chi connectivity index (χ4n) is 2.27. The molecule has 1 unspecified atom stereocenters. The van der Waals surface area contributed by atoms with E-state index in [-0.39, 0.29) is 6.04 Å². The Morgan fingerprint density at radius 3 is 2.62 bits per heavy atom. The first kappa shape index (κ1) is 16.5. The molecule has 1 aromatic carbocycles. The van der Waals surface area contributed by atoms with Gasteiger partial charge < -0.3 is 4.74 Å². The monoisotopic (exact) mass is 416 g/mol. The molecule has 0 saturated carbocycles. The zero-order chi connectivity index (χ0) is 15.6. The third kappa shape index (κ3) is 3.48. The number of benzene rings is 1. The molecule has 1 heterocycles. The van der Waals surface area contributed by atoms with Gasteiger partial charge in [0.1, 0.15) is 5.75 Å². The number of nitrogens with two attached hydrogens (primary N) is 1. The Bertz CT molecular complexity index is 642. The predicted molar refractivity (Wildman–Crippen MR) is 90.1 cm³/mol. The molecule has 21 heavy (non-hydrogen) atoms. The Morgan fingerprint density at radius 1 is 1.43 bits per heavy atom. The Morgan fingerprint density at radius 2 is 2.14 bits per heavy atom. The zero-order valence-electron chi connectivity index (χ0n) is 12.2. The maximum Gasteiger partial charge on any atom is 0.133 e. The number of ether oxygens (including phenoxy) is 1. The quantitative estimate of drug-likeness (QED) is 0.579. The number of nitrogens with zero attached hydrogens (tertiary/aromatic N) is 2. The Labute approximate surface area is 141 Å². The highest BCUT2D eigenvalue weighted by Gasteiger charge is 2.18. The standard InChI is InChI=1S/C14H18Br2N4O/c1-8-14(16)12(20(2)19-8)7-11(18-17)9-4-5-13(21-3)10(15)6-9/h4-6,11,18H,7,17H2,1-3H3. The number of methoxy groups -OCH3 is 1. The molecule has 1 aromatic heterocycles. The van der Waals surface area contributed by atoms with Crippen LogP contribution in [0.2, 0.25) is 0 Å². The third-order valence-corrected chi connectivity index (χ3v) is 5.09. The van der Waals surface area contributed by atoms with E-state index in [4.69, 9.17) is 10.6 Å². The lowest BCUT2D eigenvalue weighted by atomic mass is 10.0. The third-order valence-electron chi connectivity index (χ3n) is 3.44. The van der Waals surface area contributed by atoms with Crippen molar-refractivity contribution in [1.29, 1.82) is 0 Å². The molecule has 2 aromatic rings. The van der Waals surface area contributed by atoms with Gasteiger partial charge in [-0.2, -0.15) is 5.10 Å². The van der Waals surface area contributed by atoms with Crippen molar-refractivity contribution in [3.63, 3.8) is 0 Å². The van der Waals surface area contributed by atoms with E-state index in [9.17, 15) is 0 Å². The molecule has 0 aliphatic carbocycles. The highest BCUT2D eigenvalue weighted by atomic mass is 79.9. The molecule has 0 spiro atoms. The molecule has 1 atom stereocenters. The maximum atomic E-state index is 5.74.